The largest absolute Gasteiger partial charge is 0.437 e. The van der Waals surface area contributed by atoms with Gasteiger partial charge in [-0.3, -0.25) is 9.80 Å². The smallest absolute Gasteiger partial charge is 0.419 e. The summed E-state index contributed by atoms with van der Waals surface area (Å²) in [5.74, 6) is -0.168. The first kappa shape index (κ1) is 37.7. The fourth-order valence-electron chi connectivity index (χ4n) is 4.88. The van der Waals surface area contributed by atoms with Crippen LogP contribution in [0.3, 0.4) is 0 Å². The van der Waals surface area contributed by atoms with Crippen molar-refractivity contribution in [1.29, 1.82) is 0 Å². The molecule has 48 heavy (non-hydrogen) atoms. The number of esters is 2. The molecule has 2 unspecified atom stereocenters. The van der Waals surface area contributed by atoms with Crippen molar-refractivity contribution in [2.24, 2.45) is 0 Å². The normalized spacial score (nSPS) is 12.8. The number of hydrogen-bond donors (Lipinski definition) is 0. The van der Waals surface area contributed by atoms with Crippen molar-refractivity contribution in [3.63, 3.8) is 0 Å². The third kappa shape index (κ3) is 9.95. The number of rotatable bonds is 16. The van der Waals surface area contributed by atoms with E-state index < -0.39 is 24.4 Å². The van der Waals surface area contributed by atoms with Gasteiger partial charge in [-0.1, -0.05) is 86.6 Å². The van der Waals surface area contributed by atoms with Crippen LogP contribution in [0.2, 0.25) is 10.0 Å². The van der Waals surface area contributed by atoms with E-state index in [1.807, 2.05) is 75.6 Å². The van der Waals surface area contributed by atoms with Crippen molar-refractivity contribution in [2.45, 2.75) is 64.3 Å². The predicted octanol–water partition coefficient (Wildman–Crippen LogP) is 6.08. The average molecular weight is 736 g/mol. The van der Waals surface area contributed by atoms with Crippen molar-refractivity contribution in [3.8, 4) is 11.4 Å². The van der Waals surface area contributed by atoms with Crippen molar-refractivity contribution in [1.82, 2.24) is 39.3 Å². The molecule has 0 amide bonds. The second kappa shape index (κ2) is 18.0. The van der Waals surface area contributed by atoms with Gasteiger partial charge in [0.2, 0.25) is 10.3 Å². The first-order valence-corrected chi connectivity index (χ1v) is 18.3. The standard InChI is InChI=1S/C32H40Cl2N8O4S2/c1-7-39(8-2)27(19-47-31-35-21(5)41(37-31)25-15-11-13-23(33)17-25)45-29(43)30(44)46-28(40(9-3)10-4)20-48-32-36-22(6)42(38-32)26-16-12-14-24(34)18-26/h11-18,27-28H,7-10,19-20H2,1-6H3. The van der Waals surface area contributed by atoms with Gasteiger partial charge in [-0.05, 0) is 76.4 Å². The molecular weight excluding hydrogens is 695 g/mol. The van der Waals surface area contributed by atoms with E-state index in [9.17, 15) is 9.59 Å². The summed E-state index contributed by atoms with van der Waals surface area (Å²) in [7, 11) is 0. The molecule has 0 aliphatic heterocycles. The molecule has 4 rings (SSSR count). The number of ether oxygens (including phenoxy) is 2. The maximum atomic E-state index is 13.2. The lowest BCUT2D eigenvalue weighted by Gasteiger charge is -2.30. The lowest BCUT2D eigenvalue weighted by molar-refractivity contribution is -0.182. The van der Waals surface area contributed by atoms with Gasteiger partial charge in [-0.2, -0.15) is 0 Å². The van der Waals surface area contributed by atoms with Crippen molar-refractivity contribution in [2.75, 3.05) is 37.7 Å². The molecule has 0 aliphatic carbocycles. The molecule has 2 aromatic heterocycles. The number of hydrogen-bond acceptors (Lipinski definition) is 12. The molecule has 0 aliphatic rings. The Labute approximate surface area is 299 Å². The lowest BCUT2D eigenvalue weighted by atomic mass is 10.3. The minimum atomic E-state index is -1.07. The van der Waals surface area contributed by atoms with Crippen molar-refractivity contribution >= 4 is 58.7 Å². The van der Waals surface area contributed by atoms with E-state index in [2.05, 4.69) is 20.2 Å². The van der Waals surface area contributed by atoms with Crippen LogP contribution in [0.5, 0.6) is 0 Å². The summed E-state index contributed by atoms with van der Waals surface area (Å²) in [4.78, 5) is 39.4. The van der Waals surface area contributed by atoms with Crippen molar-refractivity contribution < 1.29 is 19.1 Å². The van der Waals surface area contributed by atoms with Gasteiger partial charge in [-0.25, -0.2) is 28.9 Å². The SMILES string of the molecule is CCN(CC)C(CSc1nc(C)n(-c2cccc(Cl)c2)n1)OC(=O)C(=O)OC(CSc1nc(C)n(-c2cccc(Cl)c2)n1)N(CC)CC. The molecule has 4 aromatic rings. The molecular formula is C32H40Cl2N8O4S2. The number of carbonyl (C=O) groups is 2. The predicted molar refractivity (Wildman–Crippen MR) is 189 cm³/mol. The molecule has 0 saturated heterocycles. The third-order valence-electron chi connectivity index (χ3n) is 7.41. The van der Waals surface area contributed by atoms with Crippen LogP contribution in [0, 0.1) is 13.8 Å². The van der Waals surface area contributed by atoms with E-state index in [-0.39, 0.29) is 0 Å². The van der Waals surface area contributed by atoms with Gasteiger partial charge in [0.15, 0.2) is 12.5 Å². The summed E-state index contributed by atoms with van der Waals surface area (Å²) in [6.45, 7) is 13.9. The van der Waals surface area contributed by atoms with Gasteiger partial charge >= 0.3 is 11.9 Å². The third-order valence-corrected chi connectivity index (χ3v) is 9.64. The molecule has 0 bridgehead atoms. The van der Waals surface area contributed by atoms with Crippen molar-refractivity contribution in [3.05, 3.63) is 70.2 Å². The molecule has 2 atom stereocenters. The average Bonchev–Trinajstić information content (AvgIpc) is 3.64. The Morgan fingerprint density at radius 2 is 1.08 bits per heavy atom. The highest BCUT2D eigenvalue weighted by Gasteiger charge is 2.30. The van der Waals surface area contributed by atoms with Gasteiger partial charge in [0, 0.05) is 10.0 Å². The van der Waals surface area contributed by atoms with E-state index in [4.69, 9.17) is 32.7 Å². The fraction of sp³-hybridized carbons (Fsp3) is 0.438. The summed E-state index contributed by atoms with van der Waals surface area (Å²) in [6.07, 6.45) is -1.43. The van der Waals surface area contributed by atoms with Crippen LogP contribution in [0.15, 0.2) is 58.8 Å². The summed E-state index contributed by atoms with van der Waals surface area (Å²) in [5.41, 5.74) is 1.57. The first-order chi connectivity index (χ1) is 23.1. The Balaban J connectivity index is 1.41. The summed E-state index contributed by atoms with van der Waals surface area (Å²) >= 11 is 15.0. The maximum Gasteiger partial charge on any atom is 0.419 e. The highest BCUT2D eigenvalue weighted by atomic mass is 35.5. The summed E-state index contributed by atoms with van der Waals surface area (Å²) in [5, 5.41) is 11.4. The molecule has 2 heterocycles. The zero-order chi connectivity index (χ0) is 34.8. The minimum absolute atomic E-state index is 0.301. The molecule has 0 saturated carbocycles. The number of thioether (sulfide) groups is 2. The molecule has 0 N–H and O–H groups in total. The molecule has 0 spiro atoms. The van der Waals surface area contributed by atoms with Gasteiger partial charge in [0.1, 0.15) is 11.6 Å². The molecule has 2 aromatic carbocycles. The summed E-state index contributed by atoms with van der Waals surface area (Å²) in [6, 6.07) is 14.7. The first-order valence-electron chi connectivity index (χ1n) is 15.6. The highest BCUT2D eigenvalue weighted by Crippen LogP contribution is 2.24. The van der Waals surface area contributed by atoms with Gasteiger partial charge in [-0.15, -0.1) is 10.2 Å². The number of carbonyl (C=O) groups excluding carboxylic acids is 2. The number of aromatic nitrogens is 6. The zero-order valence-electron chi connectivity index (χ0n) is 27.8. The van der Waals surface area contributed by atoms with E-state index in [1.54, 1.807) is 33.6 Å². The van der Waals surface area contributed by atoms with Crippen LogP contribution < -0.4 is 0 Å². The maximum absolute atomic E-state index is 13.2. The lowest BCUT2D eigenvalue weighted by Crippen LogP contribution is -2.45. The minimum Gasteiger partial charge on any atom is -0.437 e. The zero-order valence-corrected chi connectivity index (χ0v) is 30.9. The highest BCUT2D eigenvalue weighted by molar-refractivity contribution is 7.99. The van der Waals surface area contributed by atoms with E-state index >= 15 is 0 Å². The van der Waals surface area contributed by atoms with Crippen LogP contribution in [0.4, 0.5) is 0 Å². The Morgan fingerprint density at radius 1 is 0.708 bits per heavy atom. The van der Waals surface area contributed by atoms with Gasteiger partial charge in [0.05, 0.1) is 22.9 Å². The topological polar surface area (TPSA) is 120 Å². The Hall–Kier alpha value is -3.14. The van der Waals surface area contributed by atoms with Crippen LogP contribution in [-0.4, -0.2) is 101 Å². The monoisotopic (exact) mass is 734 g/mol. The molecule has 0 fully saturated rings. The fourth-order valence-corrected chi connectivity index (χ4v) is 7.07. The number of benzene rings is 2. The molecule has 12 nitrogen and oxygen atoms in total. The van der Waals surface area contributed by atoms with Crippen LogP contribution in [0.1, 0.15) is 39.3 Å². The Bertz CT molecular complexity index is 1560. The van der Waals surface area contributed by atoms with Gasteiger partial charge in [0.25, 0.3) is 0 Å². The second-order valence-corrected chi connectivity index (χ2v) is 13.3. The summed E-state index contributed by atoms with van der Waals surface area (Å²) < 4.78 is 14.9. The molecule has 0 radical (unpaired) electrons. The number of halogens is 2. The van der Waals surface area contributed by atoms with E-state index in [0.717, 1.165) is 11.4 Å². The van der Waals surface area contributed by atoms with Crippen LogP contribution in [-0.2, 0) is 19.1 Å². The molecule has 16 heteroatoms. The van der Waals surface area contributed by atoms with E-state index in [0.29, 0.717) is 69.7 Å². The Morgan fingerprint density at radius 3 is 1.42 bits per heavy atom. The van der Waals surface area contributed by atoms with E-state index in [1.165, 1.54) is 23.5 Å². The quantitative estimate of drug-likeness (QED) is 0.0574. The Kier molecular flexibility index (Phi) is 14.1. The number of aryl methyl sites for hydroxylation is 2. The van der Waals surface area contributed by atoms with Gasteiger partial charge < -0.3 is 9.47 Å². The van der Waals surface area contributed by atoms with Crippen LogP contribution in [0.25, 0.3) is 11.4 Å². The van der Waals surface area contributed by atoms with Crippen LogP contribution >= 0.6 is 46.7 Å². The second-order valence-electron chi connectivity index (χ2n) is 10.5. The number of nitrogens with zero attached hydrogens (tertiary/aromatic N) is 8. The molecule has 258 valence electrons.